The molecule has 1 aromatic carbocycles. The summed E-state index contributed by atoms with van der Waals surface area (Å²) >= 11 is 0. The van der Waals surface area contributed by atoms with Gasteiger partial charge in [-0.05, 0) is 31.5 Å². The molecule has 0 aliphatic carbocycles. The number of nitrogens with zero attached hydrogens (tertiary/aromatic N) is 1. The van der Waals surface area contributed by atoms with Crippen molar-refractivity contribution in [1.82, 2.24) is 5.32 Å². The summed E-state index contributed by atoms with van der Waals surface area (Å²) < 4.78 is 5.18. The summed E-state index contributed by atoms with van der Waals surface area (Å²) in [6, 6.07) is 8.16. The highest BCUT2D eigenvalue weighted by Gasteiger charge is 2.13. The molecule has 96 valence electrons. The van der Waals surface area contributed by atoms with E-state index in [9.17, 15) is 0 Å². The third-order valence-corrected chi connectivity index (χ3v) is 3.30. The molecule has 2 N–H and O–H groups in total. The first kappa shape index (κ1) is 12.7. The zero-order valence-corrected chi connectivity index (χ0v) is 10.7. The van der Waals surface area contributed by atoms with Gasteiger partial charge in [-0.3, -0.25) is 0 Å². The molecule has 0 saturated carbocycles. The molecule has 0 spiro atoms. The fraction of sp³-hybridized carbons (Fsp3) is 0.500. The van der Waals surface area contributed by atoms with Crippen molar-refractivity contribution >= 4 is 5.69 Å². The Morgan fingerprint density at radius 1 is 1.50 bits per heavy atom. The molecule has 0 bridgehead atoms. The molecule has 1 atom stereocenters. The van der Waals surface area contributed by atoms with Crippen LogP contribution in [-0.4, -0.2) is 26.2 Å². The number of piperidine rings is 1. The summed E-state index contributed by atoms with van der Waals surface area (Å²) in [6.07, 6.45) is 3.74. The summed E-state index contributed by atoms with van der Waals surface area (Å²) in [4.78, 5) is 0. The Morgan fingerprint density at radius 3 is 3.06 bits per heavy atom. The molecule has 0 radical (unpaired) electrons. The van der Waals surface area contributed by atoms with Gasteiger partial charge in [-0.25, -0.2) is 0 Å². The van der Waals surface area contributed by atoms with Crippen molar-refractivity contribution in [3.8, 4) is 11.8 Å². The second-order valence-electron chi connectivity index (χ2n) is 4.55. The van der Waals surface area contributed by atoms with Crippen LogP contribution >= 0.6 is 0 Å². The van der Waals surface area contributed by atoms with Crippen LogP contribution in [0.5, 0.6) is 5.75 Å². The van der Waals surface area contributed by atoms with Gasteiger partial charge >= 0.3 is 0 Å². The lowest BCUT2D eigenvalue weighted by molar-refractivity contribution is 0.412. The number of rotatable bonds is 4. The largest absolute Gasteiger partial charge is 0.497 e. The van der Waals surface area contributed by atoms with Gasteiger partial charge in [0, 0.05) is 18.7 Å². The molecule has 1 aliphatic heterocycles. The number of hydrogen-bond donors (Lipinski definition) is 2. The Balaban J connectivity index is 2.00. The second kappa shape index (κ2) is 6.27. The Kier molecular flexibility index (Phi) is 4.43. The molecule has 1 fully saturated rings. The zero-order chi connectivity index (χ0) is 12.8. The Hall–Kier alpha value is -1.73. The van der Waals surface area contributed by atoms with E-state index in [1.165, 1.54) is 19.3 Å². The van der Waals surface area contributed by atoms with Crippen LogP contribution in [0.1, 0.15) is 24.8 Å². The molecule has 1 saturated heterocycles. The number of methoxy groups -OCH3 is 1. The number of benzene rings is 1. The molecule has 1 unspecified atom stereocenters. The number of nitrogens with one attached hydrogen (secondary N) is 2. The average molecular weight is 245 g/mol. The van der Waals surface area contributed by atoms with Gasteiger partial charge in [0.25, 0.3) is 0 Å². The molecule has 18 heavy (non-hydrogen) atoms. The van der Waals surface area contributed by atoms with Crippen molar-refractivity contribution in [2.75, 3.05) is 25.5 Å². The minimum atomic E-state index is 0.497. The monoisotopic (exact) mass is 245 g/mol. The van der Waals surface area contributed by atoms with Crippen molar-refractivity contribution in [1.29, 1.82) is 5.26 Å². The number of hydrogen-bond acceptors (Lipinski definition) is 4. The van der Waals surface area contributed by atoms with Crippen LogP contribution in [0.15, 0.2) is 18.2 Å². The van der Waals surface area contributed by atoms with Crippen LogP contribution < -0.4 is 15.4 Å². The lowest BCUT2D eigenvalue weighted by Crippen LogP contribution is -2.39. The van der Waals surface area contributed by atoms with E-state index in [1.807, 2.05) is 12.1 Å². The zero-order valence-electron chi connectivity index (χ0n) is 10.7. The Bertz CT molecular complexity index is 433. The Morgan fingerprint density at radius 2 is 2.39 bits per heavy atom. The molecule has 4 nitrogen and oxygen atoms in total. The van der Waals surface area contributed by atoms with Gasteiger partial charge in [0.05, 0.1) is 18.4 Å². The summed E-state index contributed by atoms with van der Waals surface area (Å²) in [5, 5.41) is 15.9. The van der Waals surface area contributed by atoms with Gasteiger partial charge in [0.1, 0.15) is 11.8 Å². The number of ether oxygens (including phenoxy) is 1. The van der Waals surface area contributed by atoms with Crippen LogP contribution in [0.2, 0.25) is 0 Å². The van der Waals surface area contributed by atoms with Crippen LogP contribution in [0.3, 0.4) is 0 Å². The predicted molar refractivity (Wildman–Crippen MR) is 71.8 cm³/mol. The second-order valence-corrected chi connectivity index (χ2v) is 4.55. The minimum Gasteiger partial charge on any atom is -0.497 e. The van der Waals surface area contributed by atoms with Crippen LogP contribution in [-0.2, 0) is 0 Å². The standard InChI is InChI=1S/C14H19N3O/c1-18-13-6-5-11(9-15)14(8-13)17-10-12-4-2-3-7-16-12/h5-6,8,12,16-17H,2-4,7,10H2,1H3. The quantitative estimate of drug-likeness (QED) is 0.853. The first-order valence-corrected chi connectivity index (χ1v) is 6.39. The minimum absolute atomic E-state index is 0.497. The van der Waals surface area contributed by atoms with Gasteiger partial charge in [-0.15, -0.1) is 0 Å². The smallest absolute Gasteiger partial charge is 0.121 e. The summed E-state index contributed by atoms with van der Waals surface area (Å²) in [5.74, 6) is 0.771. The van der Waals surface area contributed by atoms with Gasteiger partial charge in [-0.1, -0.05) is 6.42 Å². The van der Waals surface area contributed by atoms with Gasteiger partial charge in [-0.2, -0.15) is 5.26 Å². The molecule has 2 rings (SSSR count). The van der Waals surface area contributed by atoms with Crippen molar-refractivity contribution in [2.45, 2.75) is 25.3 Å². The van der Waals surface area contributed by atoms with E-state index in [2.05, 4.69) is 16.7 Å². The van der Waals surface area contributed by atoms with Crippen LogP contribution in [0, 0.1) is 11.3 Å². The maximum absolute atomic E-state index is 9.07. The van der Waals surface area contributed by atoms with E-state index in [0.29, 0.717) is 11.6 Å². The first-order chi connectivity index (χ1) is 8.83. The average Bonchev–Trinajstić information content (AvgIpc) is 2.45. The maximum Gasteiger partial charge on any atom is 0.121 e. The summed E-state index contributed by atoms with van der Waals surface area (Å²) in [6.45, 7) is 1.94. The van der Waals surface area contributed by atoms with E-state index in [1.54, 1.807) is 13.2 Å². The summed E-state index contributed by atoms with van der Waals surface area (Å²) in [5.41, 5.74) is 1.51. The number of nitriles is 1. The molecule has 1 heterocycles. The van der Waals surface area contributed by atoms with Crippen LogP contribution in [0.4, 0.5) is 5.69 Å². The highest BCUT2D eigenvalue weighted by molar-refractivity contribution is 5.60. The molecular weight excluding hydrogens is 226 g/mol. The normalized spacial score (nSPS) is 19.0. The molecule has 0 amide bonds. The fourth-order valence-electron chi connectivity index (χ4n) is 2.23. The van der Waals surface area contributed by atoms with Crippen molar-refractivity contribution in [2.24, 2.45) is 0 Å². The van der Waals surface area contributed by atoms with Gasteiger partial charge < -0.3 is 15.4 Å². The lowest BCUT2D eigenvalue weighted by atomic mass is 10.0. The highest BCUT2D eigenvalue weighted by Crippen LogP contribution is 2.22. The predicted octanol–water partition coefficient (Wildman–Crippen LogP) is 2.12. The third kappa shape index (κ3) is 3.14. The molecule has 0 aromatic heterocycles. The van der Waals surface area contributed by atoms with E-state index in [0.717, 1.165) is 24.5 Å². The van der Waals surface area contributed by atoms with Crippen molar-refractivity contribution < 1.29 is 4.74 Å². The topological polar surface area (TPSA) is 57.1 Å². The fourth-order valence-corrected chi connectivity index (χ4v) is 2.23. The van der Waals surface area contributed by atoms with E-state index in [4.69, 9.17) is 10.00 Å². The maximum atomic E-state index is 9.07. The van der Waals surface area contributed by atoms with Crippen LogP contribution in [0.25, 0.3) is 0 Å². The SMILES string of the molecule is COc1ccc(C#N)c(NCC2CCCCN2)c1. The Labute approximate surface area is 108 Å². The van der Waals surface area contributed by atoms with Gasteiger partial charge in [0.15, 0.2) is 0 Å². The van der Waals surface area contributed by atoms with E-state index >= 15 is 0 Å². The van der Waals surface area contributed by atoms with E-state index < -0.39 is 0 Å². The third-order valence-electron chi connectivity index (χ3n) is 3.30. The van der Waals surface area contributed by atoms with Crippen molar-refractivity contribution in [3.63, 3.8) is 0 Å². The lowest BCUT2D eigenvalue weighted by Gasteiger charge is -2.24. The summed E-state index contributed by atoms with van der Waals surface area (Å²) in [7, 11) is 1.63. The number of anilines is 1. The van der Waals surface area contributed by atoms with E-state index in [-0.39, 0.29) is 0 Å². The highest BCUT2D eigenvalue weighted by atomic mass is 16.5. The molecular formula is C14H19N3O. The first-order valence-electron chi connectivity index (χ1n) is 6.39. The molecule has 1 aliphatic rings. The molecule has 1 aromatic rings. The van der Waals surface area contributed by atoms with Gasteiger partial charge in [0.2, 0.25) is 0 Å². The molecule has 4 heteroatoms. The van der Waals surface area contributed by atoms with Crippen molar-refractivity contribution in [3.05, 3.63) is 23.8 Å².